The van der Waals surface area contributed by atoms with E-state index in [4.69, 9.17) is 14.4 Å². The van der Waals surface area contributed by atoms with Crippen molar-refractivity contribution in [3.63, 3.8) is 0 Å². The number of halogens is 1. The lowest BCUT2D eigenvalue weighted by molar-refractivity contribution is -0.0593. The summed E-state index contributed by atoms with van der Waals surface area (Å²) in [6.07, 6.45) is 8.99. The first-order valence-electron chi connectivity index (χ1n) is 18.4. The monoisotopic (exact) mass is 732 g/mol. The first-order chi connectivity index (χ1) is 25.9. The zero-order valence-corrected chi connectivity index (χ0v) is 30.8. The summed E-state index contributed by atoms with van der Waals surface area (Å²) in [6, 6.07) is 9.23. The first-order valence-corrected chi connectivity index (χ1v) is 18.4. The van der Waals surface area contributed by atoms with Crippen LogP contribution in [0.3, 0.4) is 0 Å². The number of amides is 1. The van der Waals surface area contributed by atoms with Crippen molar-refractivity contribution in [2.75, 3.05) is 18.1 Å². The number of nitrogens with zero attached hydrogens (tertiary/aromatic N) is 6. The van der Waals surface area contributed by atoms with E-state index in [9.17, 15) is 14.0 Å². The van der Waals surface area contributed by atoms with E-state index in [-0.39, 0.29) is 23.1 Å². The van der Waals surface area contributed by atoms with E-state index < -0.39 is 17.2 Å². The number of carbonyl (C=O) groups is 1. The summed E-state index contributed by atoms with van der Waals surface area (Å²) < 4.78 is 29.6. The fraction of sp³-hybridized carbons (Fsp3) is 0.400. The second kappa shape index (κ2) is 12.2. The van der Waals surface area contributed by atoms with Crippen LogP contribution in [0.4, 0.5) is 10.2 Å². The number of anilines is 1. The molecule has 4 aromatic heterocycles. The predicted octanol–water partition coefficient (Wildman–Crippen LogP) is 5.62. The molecule has 9 rings (SSSR count). The first kappa shape index (κ1) is 34.1. The van der Waals surface area contributed by atoms with E-state index in [0.717, 1.165) is 35.3 Å². The Labute approximate surface area is 310 Å². The Morgan fingerprint density at radius 3 is 2.59 bits per heavy atom. The Kier molecular flexibility index (Phi) is 7.67. The van der Waals surface area contributed by atoms with Gasteiger partial charge in [-0.15, -0.1) is 0 Å². The molecule has 14 heteroatoms. The number of benzene rings is 1. The Morgan fingerprint density at radius 1 is 1.13 bits per heavy atom. The van der Waals surface area contributed by atoms with Crippen molar-refractivity contribution >= 4 is 23.2 Å². The van der Waals surface area contributed by atoms with Crippen molar-refractivity contribution < 1.29 is 23.2 Å². The summed E-state index contributed by atoms with van der Waals surface area (Å²) in [4.78, 5) is 45.8. The number of hydrogen-bond acceptors (Lipinski definition) is 9. The maximum absolute atomic E-state index is 15.2. The van der Waals surface area contributed by atoms with Gasteiger partial charge in [0.1, 0.15) is 11.6 Å². The molecule has 1 saturated carbocycles. The number of hydrogen-bond donors (Lipinski definition) is 2. The van der Waals surface area contributed by atoms with Crippen LogP contribution >= 0.6 is 0 Å². The van der Waals surface area contributed by atoms with E-state index in [1.165, 1.54) is 5.56 Å². The molecule has 278 valence electrons. The number of H-pyrrole nitrogens is 1. The molecule has 13 nitrogen and oxygen atoms in total. The molecule has 1 amide bonds. The van der Waals surface area contributed by atoms with Gasteiger partial charge in [-0.25, -0.2) is 18.7 Å². The average molecular weight is 733 g/mol. The number of aromatic amines is 1. The van der Waals surface area contributed by atoms with Crippen LogP contribution < -0.4 is 16.0 Å². The Balaban J connectivity index is 1.17. The van der Waals surface area contributed by atoms with Gasteiger partial charge >= 0.3 is 5.76 Å². The standard InChI is InChI=1S/C40H41FN8O5/c1-22-16-28(17-23(2)33(22)41)49-35(48-14-11-42-31(48)21-50)32-24(3)46(13-7-30(32)44-49)36(51)29-19-27-18-25(26-8-15-53-39(4,5)20-26)6-12-47(27)34(29)40(9-10-40)37-43-38(52)54-45-37/h6,11-12,14,16-19,24,26,42H,7-10,13,15,20H2,1-5H3,(H,43,45,52)/t24-,26-/m0/s1. The molecule has 0 radical (unpaired) electrons. The zero-order valence-electron chi connectivity index (χ0n) is 30.8. The van der Waals surface area contributed by atoms with Gasteiger partial charge in [0.2, 0.25) is 5.82 Å². The normalized spacial score (nSPS) is 21.3. The number of carbonyl (C=O) groups excluding carboxylic acids is 2. The highest BCUT2D eigenvalue weighted by Gasteiger charge is 2.54. The van der Waals surface area contributed by atoms with Crippen LogP contribution in [-0.2, 0) is 21.4 Å². The second-order valence-corrected chi connectivity index (χ2v) is 15.7. The quantitative estimate of drug-likeness (QED) is 0.213. The lowest BCUT2D eigenvalue weighted by Crippen LogP contribution is -2.40. The number of nitrogens with one attached hydrogen (secondary N) is 2. The van der Waals surface area contributed by atoms with E-state index >= 15 is 4.79 Å². The van der Waals surface area contributed by atoms with Crippen molar-refractivity contribution in [2.24, 2.45) is 0 Å². The zero-order chi connectivity index (χ0) is 37.7. The number of aryl methyl sites for hydroxylation is 2. The molecule has 7 heterocycles. The highest BCUT2D eigenvalue weighted by molar-refractivity contribution is 5.98. The summed E-state index contributed by atoms with van der Waals surface area (Å²) >= 11 is 0. The minimum atomic E-state index is -0.708. The number of pyridine rings is 1. The van der Waals surface area contributed by atoms with Crippen LogP contribution in [0.15, 0.2) is 64.1 Å². The minimum Gasteiger partial charge on any atom is -0.376 e. The lowest BCUT2D eigenvalue weighted by Gasteiger charge is -2.35. The fourth-order valence-electron chi connectivity index (χ4n) is 8.90. The summed E-state index contributed by atoms with van der Waals surface area (Å²) in [7, 11) is 0. The number of rotatable bonds is 6. The molecule has 4 aliphatic rings. The molecule has 1 aromatic carbocycles. The molecule has 3 aliphatic heterocycles. The molecular formula is C40H41FN8O5. The van der Waals surface area contributed by atoms with Crippen LogP contribution in [-0.4, -0.2) is 59.8 Å². The lowest BCUT2D eigenvalue weighted by atomic mass is 9.84. The number of aromatic nitrogens is 5. The summed E-state index contributed by atoms with van der Waals surface area (Å²) in [5.41, 5.74) is 5.52. The van der Waals surface area contributed by atoms with Crippen molar-refractivity contribution in [3.8, 4) is 5.69 Å². The molecule has 1 aliphatic carbocycles. The fourth-order valence-corrected chi connectivity index (χ4v) is 8.90. The molecule has 2 atom stereocenters. The Morgan fingerprint density at radius 2 is 1.91 bits per heavy atom. The molecule has 54 heavy (non-hydrogen) atoms. The van der Waals surface area contributed by atoms with Gasteiger partial charge in [-0.2, -0.15) is 5.10 Å². The highest BCUT2D eigenvalue weighted by atomic mass is 19.1. The Bertz CT molecular complexity index is 2490. The molecule has 0 bridgehead atoms. The van der Waals surface area contributed by atoms with Gasteiger partial charge in [0, 0.05) is 54.9 Å². The minimum absolute atomic E-state index is 0.173. The van der Waals surface area contributed by atoms with Crippen LogP contribution in [0, 0.1) is 19.7 Å². The van der Waals surface area contributed by atoms with Crippen molar-refractivity contribution in [2.45, 2.75) is 89.7 Å². The maximum Gasteiger partial charge on any atom is 0.438 e. The van der Waals surface area contributed by atoms with Gasteiger partial charge in [0.05, 0.1) is 34.0 Å². The molecule has 2 fully saturated rings. The SMILES string of the molecule is Cc1cc(-n2nc3c(c2N2C=CNC2=C=O)[C@H](C)N(C(=O)c2cc4cc([C@H]5CCOC(C)(C)C5)ccn4c2C2(c4noc(=O)[nH]4)CC2)CC3)cc(C)c1F. The van der Waals surface area contributed by atoms with Crippen molar-refractivity contribution in [3.05, 3.63) is 116 Å². The summed E-state index contributed by atoms with van der Waals surface area (Å²) in [5.74, 6) is 2.32. The van der Waals surface area contributed by atoms with E-state index in [0.29, 0.717) is 72.4 Å². The van der Waals surface area contributed by atoms with Gasteiger partial charge in [0.25, 0.3) is 5.91 Å². The van der Waals surface area contributed by atoms with E-state index in [2.05, 4.69) is 45.8 Å². The van der Waals surface area contributed by atoms with Crippen molar-refractivity contribution in [1.82, 2.24) is 34.5 Å². The third-order valence-corrected chi connectivity index (χ3v) is 11.7. The van der Waals surface area contributed by atoms with Gasteiger partial charge in [-0.1, -0.05) is 5.16 Å². The van der Waals surface area contributed by atoms with Crippen LogP contribution in [0.1, 0.15) is 108 Å². The molecular weight excluding hydrogens is 691 g/mol. The summed E-state index contributed by atoms with van der Waals surface area (Å²) in [6.45, 7) is 10.7. The molecule has 5 aromatic rings. The summed E-state index contributed by atoms with van der Waals surface area (Å²) in [5, 5.41) is 12.1. The average Bonchev–Trinajstić information content (AvgIpc) is 3.52. The second-order valence-electron chi connectivity index (χ2n) is 15.7. The Hall–Kier alpha value is -5.72. The number of ether oxygens (including phenoxy) is 1. The predicted molar refractivity (Wildman–Crippen MR) is 197 cm³/mol. The van der Waals surface area contributed by atoms with Crippen LogP contribution in [0.25, 0.3) is 11.2 Å². The van der Waals surface area contributed by atoms with Crippen LogP contribution in [0.2, 0.25) is 0 Å². The van der Waals surface area contributed by atoms with Gasteiger partial charge < -0.3 is 19.4 Å². The third kappa shape index (κ3) is 5.26. The van der Waals surface area contributed by atoms with Crippen molar-refractivity contribution in [1.29, 1.82) is 0 Å². The van der Waals surface area contributed by atoms with Gasteiger partial charge in [-0.05, 0) is 113 Å². The molecule has 0 unspecified atom stereocenters. The number of fused-ring (bicyclic) bond motifs is 2. The smallest absolute Gasteiger partial charge is 0.376 e. The largest absolute Gasteiger partial charge is 0.438 e. The molecule has 0 spiro atoms. The third-order valence-electron chi connectivity index (χ3n) is 11.7. The van der Waals surface area contributed by atoms with E-state index in [1.807, 2.05) is 30.0 Å². The molecule has 1 saturated heterocycles. The van der Waals surface area contributed by atoms with E-state index in [1.54, 1.807) is 48.0 Å². The highest BCUT2D eigenvalue weighted by Crippen LogP contribution is 2.54. The molecule has 2 N–H and O–H groups in total. The van der Waals surface area contributed by atoms with Crippen LogP contribution in [0.5, 0.6) is 0 Å². The van der Waals surface area contributed by atoms with Gasteiger partial charge in [0.15, 0.2) is 11.8 Å². The maximum atomic E-state index is 15.2. The van der Waals surface area contributed by atoms with Gasteiger partial charge in [-0.3, -0.25) is 19.2 Å². The topological polar surface area (TPSA) is 143 Å².